The summed E-state index contributed by atoms with van der Waals surface area (Å²) in [5, 5.41) is 0. The van der Waals surface area contributed by atoms with Gasteiger partial charge in [-0.2, -0.15) is 17.0 Å². The third-order valence-electron chi connectivity index (χ3n) is 3.89. The van der Waals surface area contributed by atoms with Gasteiger partial charge >= 0.3 is 0 Å². The van der Waals surface area contributed by atoms with Gasteiger partial charge in [-0.3, -0.25) is 4.98 Å². The maximum absolute atomic E-state index is 12.1. The van der Waals surface area contributed by atoms with E-state index in [1.807, 2.05) is 0 Å². The van der Waals surface area contributed by atoms with Crippen molar-refractivity contribution in [2.45, 2.75) is 12.8 Å². The highest BCUT2D eigenvalue weighted by Gasteiger charge is 2.32. The second-order valence-corrected chi connectivity index (χ2v) is 7.88. The van der Waals surface area contributed by atoms with E-state index >= 15 is 0 Å². The lowest BCUT2D eigenvalue weighted by atomic mass is 10.0. The molecule has 3 heterocycles. The molecule has 0 spiro atoms. The van der Waals surface area contributed by atoms with Crippen LogP contribution >= 0.6 is 0 Å². The minimum absolute atomic E-state index is 0.256. The lowest BCUT2D eigenvalue weighted by Crippen LogP contribution is -2.38. The van der Waals surface area contributed by atoms with Crippen LogP contribution in [0.4, 0.5) is 0 Å². The molecule has 8 nitrogen and oxygen atoms in total. The van der Waals surface area contributed by atoms with Crippen LogP contribution in [-0.4, -0.2) is 59.2 Å². The molecule has 124 valence electrons. The number of oxazole rings is 1. The molecule has 1 saturated heterocycles. The van der Waals surface area contributed by atoms with Crippen molar-refractivity contribution in [2.75, 3.05) is 27.2 Å². The van der Waals surface area contributed by atoms with Crippen LogP contribution < -0.4 is 0 Å². The molecule has 0 bridgehead atoms. The molecule has 23 heavy (non-hydrogen) atoms. The second-order valence-electron chi connectivity index (χ2n) is 5.74. The van der Waals surface area contributed by atoms with Crippen LogP contribution in [0.2, 0.25) is 0 Å². The second kappa shape index (κ2) is 6.34. The van der Waals surface area contributed by atoms with E-state index in [0.29, 0.717) is 31.1 Å². The summed E-state index contributed by atoms with van der Waals surface area (Å²) in [6.07, 6.45) is 7.91. The number of hydrogen-bond acceptors (Lipinski definition) is 6. The first-order valence-corrected chi connectivity index (χ1v) is 8.75. The fraction of sp³-hybridized carbons (Fsp3) is 0.500. The highest BCUT2D eigenvalue weighted by molar-refractivity contribution is 7.86. The fourth-order valence-corrected chi connectivity index (χ4v) is 3.82. The van der Waals surface area contributed by atoms with E-state index in [9.17, 15) is 8.42 Å². The van der Waals surface area contributed by atoms with Crippen molar-refractivity contribution in [1.29, 1.82) is 0 Å². The summed E-state index contributed by atoms with van der Waals surface area (Å²) in [6.45, 7) is 1.07. The van der Waals surface area contributed by atoms with Gasteiger partial charge in [0.05, 0.1) is 18.1 Å². The Labute approximate surface area is 135 Å². The van der Waals surface area contributed by atoms with Crippen LogP contribution in [0.15, 0.2) is 29.3 Å². The zero-order valence-electron chi connectivity index (χ0n) is 13.1. The third kappa shape index (κ3) is 3.41. The molecule has 1 atom stereocenters. The highest BCUT2D eigenvalue weighted by atomic mass is 32.2. The molecule has 1 aliphatic heterocycles. The molecule has 0 aliphatic carbocycles. The van der Waals surface area contributed by atoms with Gasteiger partial charge in [-0.1, -0.05) is 0 Å². The van der Waals surface area contributed by atoms with Gasteiger partial charge in [0.25, 0.3) is 10.2 Å². The van der Waals surface area contributed by atoms with Crippen molar-refractivity contribution in [3.05, 3.63) is 30.5 Å². The summed E-state index contributed by atoms with van der Waals surface area (Å²) >= 11 is 0. The van der Waals surface area contributed by atoms with E-state index in [1.54, 1.807) is 32.7 Å². The Morgan fingerprint density at radius 1 is 1.30 bits per heavy atom. The highest BCUT2D eigenvalue weighted by Crippen LogP contribution is 2.23. The number of hydrogen-bond donors (Lipinski definition) is 0. The lowest BCUT2D eigenvalue weighted by molar-refractivity contribution is 0.409. The average molecular weight is 337 g/mol. The topological polar surface area (TPSA) is 92.4 Å². The summed E-state index contributed by atoms with van der Waals surface area (Å²) in [5.41, 5.74) is 1.43. The third-order valence-corrected chi connectivity index (χ3v) is 5.80. The Hall–Kier alpha value is -1.84. The Bertz CT molecular complexity index is 743. The van der Waals surface area contributed by atoms with E-state index < -0.39 is 10.2 Å². The molecule has 0 radical (unpaired) electrons. The molecule has 2 aromatic heterocycles. The molecule has 0 unspecified atom stereocenters. The number of nitrogens with zero attached hydrogens (tertiary/aromatic N) is 5. The van der Waals surface area contributed by atoms with E-state index in [2.05, 4.69) is 15.0 Å². The Kier molecular flexibility index (Phi) is 4.42. The van der Waals surface area contributed by atoms with Crippen molar-refractivity contribution >= 4 is 10.2 Å². The van der Waals surface area contributed by atoms with Gasteiger partial charge in [-0.05, 0) is 18.8 Å². The van der Waals surface area contributed by atoms with Crippen LogP contribution in [0, 0.1) is 5.92 Å². The van der Waals surface area contributed by atoms with Crippen LogP contribution in [0.5, 0.6) is 0 Å². The largest absolute Gasteiger partial charge is 0.443 e. The Balaban J connectivity index is 1.63. The first kappa shape index (κ1) is 16.0. The maximum atomic E-state index is 12.1. The molecule has 1 aliphatic rings. The molecule has 1 fully saturated rings. The van der Waals surface area contributed by atoms with E-state index in [1.165, 1.54) is 14.9 Å². The summed E-state index contributed by atoms with van der Waals surface area (Å²) < 4.78 is 32.2. The average Bonchev–Trinajstić information content (AvgIpc) is 3.19. The maximum Gasteiger partial charge on any atom is 0.281 e. The van der Waals surface area contributed by atoms with Gasteiger partial charge in [0, 0.05) is 33.4 Å². The van der Waals surface area contributed by atoms with Gasteiger partial charge in [0.2, 0.25) is 5.89 Å². The molecule has 0 saturated carbocycles. The van der Waals surface area contributed by atoms with Crippen molar-refractivity contribution in [3.63, 3.8) is 0 Å². The zero-order chi connectivity index (χ0) is 16.4. The summed E-state index contributed by atoms with van der Waals surface area (Å²) in [4.78, 5) is 12.7. The van der Waals surface area contributed by atoms with Gasteiger partial charge in [-0.15, -0.1) is 0 Å². The smallest absolute Gasteiger partial charge is 0.281 e. The van der Waals surface area contributed by atoms with Crippen LogP contribution in [0.25, 0.3) is 11.6 Å². The van der Waals surface area contributed by atoms with Crippen LogP contribution in [0.1, 0.15) is 12.1 Å². The quantitative estimate of drug-likeness (QED) is 0.801. The van der Waals surface area contributed by atoms with Crippen molar-refractivity contribution < 1.29 is 12.8 Å². The Morgan fingerprint density at radius 2 is 2.13 bits per heavy atom. The first-order valence-electron chi connectivity index (χ1n) is 7.35. The van der Waals surface area contributed by atoms with Gasteiger partial charge < -0.3 is 4.42 Å². The molecule has 0 amide bonds. The van der Waals surface area contributed by atoms with E-state index in [0.717, 1.165) is 12.1 Å². The molecular formula is C14H19N5O3S. The minimum atomic E-state index is -3.33. The van der Waals surface area contributed by atoms with E-state index in [4.69, 9.17) is 4.42 Å². The minimum Gasteiger partial charge on any atom is -0.443 e. The zero-order valence-corrected chi connectivity index (χ0v) is 13.9. The van der Waals surface area contributed by atoms with Crippen LogP contribution in [0.3, 0.4) is 0 Å². The van der Waals surface area contributed by atoms with Gasteiger partial charge in [0.15, 0.2) is 0 Å². The predicted molar refractivity (Wildman–Crippen MR) is 83.5 cm³/mol. The van der Waals surface area contributed by atoms with Gasteiger partial charge in [-0.25, -0.2) is 9.97 Å². The summed E-state index contributed by atoms with van der Waals surface area (Å²) in [6, 6.07) is 0. The Morgan fingerprint density at radius 3 is 2.74 bits per heavy atom. The summed E-state index contributed by atoms with van der Waals surface area (Å²) in [7, 11) is -0.226. The standard InChI is InChI=1S/C14H19N5O3S/c1-18(2)23(20,21)19-5-3-11(10-19)7-12-8-17-13(9-16-12)14-15-4-6-22-14/h4,6,8-9,11H,3,5,7,10H2,1-2H3/t11-/m0/s1. The predicted octanol–water partition coefficient (Wildman–Crippen LogP) is 0.802. The first-order chi connectivity index (χ1) is 11.0. The molecular weight excluding hydrogens is 318 g/mol. The lowest BCUT2D eigenvalue weighted by Gasteiger charge is -2.20. The number of aromatic nitrogens is 3. The van der Waals surface area contributed by atoms with E-state index in [-0.39, 0.29) is 5.92 Å². The van der Waals surface area contributed by atoms with Crippen molar-refractivity contribution in [2.24, 2.45) is 5.92 Å². The van der Waals surface area contributed by atoms with Crippen LogP contribution in [-0.2, 0) is 16.6 Å². The SMILES string of the molecule is CN(C)S(=O)(=O)N1CC[C@@H](Cc2cnc(-c3ncco3)cn2)C1. The number of rotatable bonds is 5. The van der Waals surface area contributed by atoms with Crippen molar-refractivity contribution in [3.8, 4) is 11.6 Å². The van der Waals surface area contributed by atoms with Gasteiger partial charge in [0.1, 0.15) is 12.0 Å². The molecule has 0 N–H and O–H groups in total. The monoisotopic (exact) mass is 337 g/mol. The molecule has 3 rings (SSSR count). The summed E-state index contributed by atoms with van der Waals surface area (Å²) in [5.74, 6) is 0.694. The molecule has 2 aromatic rings. The molecule has 0 aromatic carbocycles. The fourth-order valence-electron chi connectivity index (χ4n) is 2.62. The van der Waals surface area contributed by atoms with Crippen molar-refractivity contribution in [1.82, 2.24) is 23.6 Å². The normalized spacial score (nSPS) is 19.5. The molecule has 9 heteroatoms.